The largest absolute Gasteiger partial charge is 0.481 e. The maximum Gasteiger partial charge on any atom is 0.305 e. The molecule has 1 aliphatic heterocycles. The number of aliphatic carboxylic acids is 1. The number of carboxylic acids is 1. The molecule has 3 N–H and O–H groups in total. The number of halogens is 2. The van der Waals surface area contributed by atoms with Crippen molar-refractivity contribution in [1.82, 2.24) is 30.8 Å². The molecule has 1 aliphatic rings. The summed E-state index contributed by atoms with van der Waals surface area (Å²) in [5, 5.41) is 27.3. The van der Waals surface area contributed by atoms with Crippen LogP contribution >= 0.6 is 35.0 Å². The minimum absolute atomic E-state index is 0.114. The van der Waals surface area contributed by atoms with Crippen LogP contribution in [0.2, 0.25) is 10.0 Å². The highest BCUT2D eigenvalue weighted by atomic mass is 35.5. The minimum atomic E-state index is -1.41. The molecule has 1 unspecified atom stereocenters. The van der Waals surface area contributed by atoms with E-state index in [-0.39, 0.29) is 12.2 Å². The number of carboxylic acid groups (broad SMARTS) is 1. The maximum absolute atomic E-state index is 13.1. The van der Waals surface area contributed by atoms with Crippen molar-refractivity contribution in [1.29, 1.82) is 0 Å². The molecule has 2 aromatic carbocycles. The number of amides is 2. The topological polar surface area (TPSA) is 169 Å². The second-order valence-electron chi connectivity index (χ2n) is 9.80. The fourth-order valence-corrected chi connectivity index (χ4v) is 5.78. The Morgan fingerprint density at radius 3 is 2.43 bits per heavy atom. The van der Waals surface area contributed by atoms with Gasteiger partial charge in [0.15, 0.2) is 11.6 Å². The summed E-state index contributed by atoms with van der Waals surface area (Å²) in [7, 11) is 0. The van der Waals surface area contributed by atoms with E-state index in [1.54, 1.807) is 25.1 Å². The normalized spacial score (nSPS) is 17.7. The molecule has 1 aromatic heterocycles. The van der Waals surface area contributed by atoms with Crippen molar-refractivity contribution >= 4 is 63.6 Å². The number of Topliss-reactive ketones (excluding diaryl/α,β-unsaturated/α-hetero) is 1. The lowest BCUT2D eigenvalue weighted by molar-refractivity contribution is -0.140. The molecule has 2 heterocycles. The Balaban J connectivity index is 1.40. The molecule has 0 saturated heterocycles. The van der Waals surface area contributed by atoms with Crippen LogP contribution in [0.25, 0.3) is 0 Å². The number of nitrogens with zero attached hydrogens (tertiary/aromatic N) is 5. The van der Waals surface area contributed by atoms with E-state index in [1.165, 1.54) is 23.4 Å². The van der Waals surface area contributed by atoms with Crippen LogP contribution in [0.4, 0.5) is 0 Å². The van der Waals surface area contributed by atoms with Crippen LogP contribution in [0, 0.1) is 0 Å². The molecular formula is C27H27Cl2N7O5S. The molecule has 15 heteroatoms. The zero-order chi connectivity index (χ0) is 30.4. The van der Waals surface area contributed by atoms with Crippen LogP contribution in [0.3, 0.4) is 0 Å². The van der Waals surface area contributed by atoms with Crippen molar-refractivity contribution < 1.29 is 24.3 Å². The predicted molar refractivity (Wildman–Crippen MR) is 158 cm³/mol. The molecule has 4 rings (SSSR count). The lowest BCUT2D eigenvalue weighted by Crippen LogP contribution is -2.55. The quantitative estimate of drug-likeness (QED) is 0.272. The van der Waals surface area contributed by atoms with Gasteiger partial charge in [0, 0.05) is 27.8 Å². The van der Waals surface area contributed by atoms with Crippen LogP contribution in [0.15, 0.2) is 53.5 Å². The van der Waals surface area contributed by atoms with Gasteiger partial charge < -0.3 is 15.7 Å². The Morgan fingerprint density at radius 2 is 1.76 bits per heavy atom. The molecular weight excluding hydrogens is 605 g/mol. The fraction of sp³-hybridized carbons (Fsp3) is 0.333. The Hall–Kier alpha value is -3.81. The van der Waals surface area contributed by atoms with Gasteiger partial charge in [-0.2, -0.15) is 0 Å². The van der Waals surface area contributed by atoms with Gasteiger partial charge in [-0.3, -0.25) is 24.2 Å². The summed E-state index contributed by atoms with van der Waals surface area (Å²) in [5.41, 5.74) is 0.334. The van der Waals surface area contributed by atoms with Crippen LogP contribution in [0.1, 0.15) is 37.2 Å². The number of aromatic nitrogens is 4. The summed E-state index contributed by atoms with van der Waals surface area (Å²) in [6.07, 6.45) is -0.568. The van der Waals surface area contributed by atoms with E-state index < -0.39 is 54.2 Å². The summed E-state index contributed by atoms with van der Waals surface area (Å²) in [6.45, 7) is 2.69. The van der Waals surface area contributed by atoms with E-state index in [1.807, 2.05) is 30.3 Å². The number of hydrogen-bond acceptors (Lipinski definition) is 9. The van der Waals surface area contributed by atoms with Crippen LogP contribution in [-0.4, -0.2) is 77.3 Å². The van der Waals surface area contributed by atoms with Crippen LogP contribution < -0.4 is 10.6 Å². The van der Waals surface area contributed by atoms with Gasteiger partial charge in [-0.15, -0.1) is 16.9 Å². The molecule has 12 nitrogen and oxygen atoms in total. The summed E-state index contributed by atoms with van der Waals surface area (Å²) in [6, 6.07) is 11.9. The smallest absolute Gasteiger partial charge is 0.305 e. The fourth-order valence-electron chi connectivity index (χ4n) is 4.07. The van der Waals surface area contributed by atoms with Gasteiger partial charge in [-0.05, 0) is 42.0 Å². The van der Waals surface area contributed by atoms with Crippen molar-refractivity contribution in [3.05, 3.63) is 75.5 Å². The van der Waals surface area contributed by atoms with E-state index in [2.05, 4.69) is 31.2 Å². The SMILES string of the molecule is C[C@H](NC(=O)[C@@]1(C)CSC(c2ccccc2)=N1)C(=O)NC(CC(=O)O)C(=O)Cn1nnnc1Cc1c(Cl)cccc1Cl. The van der Waals surface area contributed by atoms with Crippen molar-refractivity contribution in [3.8, 4) is 0 Å². The van der Waals surface area contributed by atoms with Gasteiger partial charge in [-0.25, -0.2) is 4.68 Å². The maximum atomic E-state index is 13.1. The Morgan fingerprint density at radius 1 is 1.07 bits per heavy atom. The third-order valence-electron chi connectivity index (χ3n) is 6.48. The summed E-state index contributed by atoms with van der Waals surface area (Å²) < 4.78 is 1.19. The number of benzene rings is 2. The molecule has 0 fully saturated rings. The highest BCUT2D eigenvalue weighted by Crippen LogP contribution is 2.31. The van der Waals surface area contributed by atoms with E-state index in [0.717, 1.165) is 10.6 Å². The first-order chi connectivity index (χ1) is 20.0. The van der Waals surface area contributed by atoms with Crippen LogP contribution in [-0.2, 0) is 32.1 Å². The van der Waals surface area contributed by atoms with E-state index in [4.69, 9.17) is 23.2 Å². The van der Waals surface area contributed by atoms with Gasteiger partial charge in [-0.1, -0.05) is 59.6 Å². The first kappa shape index (κ1) is 31.1. The first-order valence-electron chi connectivity index (χ1n) is 12.8. The molecule has 0 aliphatic carbocycles. The van der Waals surface area contributed by atoms with Crippen molar-refractivity contribution in [2.75, 3.05) is 5.75 Å². The van der Waals surface area contributed by atoms with Crippen LogP contribution in [0.5, 0.6) is 0 Å². The van der Waals surface area contributed by atoms with E-state index in [0.29, 0.717) is 21.4 Å². The third-order valence-corrected chi connectivity index (χ3v) is 8.50. The molecule has 0 spiro atoms. The second kappa shape index (κ2) is 13.4. The molecule has 2 amide bonds. The number of thioether (sulfide) groups is 1. The number of ketones is 1. The van der Waals surface area contributed by atoms with Gasteiger partial charge in [0.2, 0.25) is 11.8 Å². The number of aliphatic imine (C=N–C) groups is 1. The summed E-state index contributed by atoms with van der Waals surface area (Å²) in [5.74, 6) is -2.52. The minimum Gasteiger partial charge on any atom is -0.481 e. The molecule has 0 saturated carbocycles. The highest BCUT2D eigenvalue weighted by molar-refractivity contribution is 8.14. The molecule has 42 heavy (non-hydrogen) atoms. The zero-order valence-electron chi connectivity index (χ0n) is 22.6. The number of carbonyl (C=O) groups excluding carboxylic acids is 3. The van der Waals surface area contributed by atoms with E-state index in [9.17, 15) is 24.3 Å². The highest BCUT2D eigenvalue weighted by Gasteiger charge is 2.40. The average molecular weight is 633 g/mol. The molecule has 3 atom stereocenters. The molecule has 0 bridgehead atoms. The molecule has 220 valence electrons. The van der Waals surface area contributed by atoms with Gasteiger partial charge >= 0.3 is 5.97 Å². The number of rotatable bonds is 12. The van der Waals surface area contributed by atoms with Gasteiger partial charge in [0.25, 0.3) is 0 Å². The average Bonchev–Trinajstić information content (AvgIpc) is 3.57. The monoisotopic (exact) mass is 631 g/mol. The summed E-state index contributed by atoms with van der Waals surface area (Å²) in [4.78, 5) is 55.3. The van der Waals surface area contributed by atoms with Gasteiger partial charge in [0.05, 0.1) is 17.5 Å². The molecule has 0 radical (unpaired) electrons. The lowest BCUT2D eigenvalue weighted by Gasteiger charge is -2.23. The van der Waals surface area contributed by atoms with Crippen molar-refractivity contribution in [2.24, 2.45) is 4.99 Å². The Labute approximate surface area is 255 Å². The summed E-state index contributed by atoms with van der Waals surface area (Å²) >= 11 is 13.9. The predicted octanol–water partition coefficient (Wildman–Crippen LogP) is 2.56. The third kappa shape index (κ3) is 7.52. The Kier molecular flexibility index (Phi) is 9.97. The number of hydrogen-bond donors (Lipinski definition) is 3. The van der Waals surface area contributed by atoms with Crippen molar-refractivity contribution in [2.45, 2.75) is 50.9 Å². The Bertz CT molecular complexity index is 1510. The standard InChI is InChI=1S/C27H27Cl2N7O5S/c1-15(30-26(41)27(2)14-42-25(32-27)16-7-4-3-5-8-16)24(40)31-20(12-23(38)39)21(37)13-36-22(33-34-35-36)11-17-18(28)9-6-10-19(17)29/h3-10,15,20H,11-14H2,1-2H3,(H,30,41)(H,31,40)(H,38,39)/t15-,20?,27+/m0/s1. The number of carbonyl (C=O) groups is 4. The van der Waals surface area contributed by atoms with Gasteiger partial charge in [0.1, 0.15) is 18.1 Å². The van der Waals surface area contributed by atoms with Crippen molar-refractivity contribution in [3.63, 3.8) is 0 Å². The lowest BCUT2D eigenvalue weighted by atomic mass is 10.0. The number of tetrazole rings is 1. The molecule has 3 aromatic rings. The van der Waals surface area contributed by atoms with E-state index >= 15 is 0 Å². The second-order valence-corrected chi connectivity index (χ2v) is 11.6. The number of nitrogens with one attached hydrogen (secondary N) is 2. The zero-order valence-corrected chi connectivity index (χ0v) is 24.9. The first-order valence-corrected chi connectivity index (χ1v) is 14.5.